The number of rotatable bonds is 4. The molecule has 134 valence electrons. The Morgan fingerprint density at radius 2 is 1.80 bits per heavy atom. The Labute approximate surface area is 156 Å². The largest absolute Gasteiger partial charge is 0.482 e. The summed E-state index contributed by atoms with van der Waals surface area (Å²) in [5.74, 6) is -0.428. The van der Waals surface area contributed by atoms with Gasteiger partial charge in [0.2, 0.25) is 0 Å². The molecule has 9 heteroatoms. The third-order valence-corrected chi connectivity index (χ3v) is 3.94. The molecule has 0 aliphatic carbocycles. The highest BCUT2D eigenvalue weighted by atomic mass is 35.5. The van der Waals surface area contributed by atoms with Crippen molar-refractivity contribution >= 4 is 46.4 Å². The summed E-state index contributed by atoms with van der Waals surface area (Å²) in [6, 6.07) is 5.69. The second-order valence-electron chi connectivity index (χ2n) is 5.06. The van der Waals surface area contributed by atoms with Gasteiger partial charge in [0.25, 0.3) is 5.91 Å². The van der Waals surface area contributed by atoms with Crippen LogP contribution in [-0.4, -0.2) is 12.5 Å². The molecule has 0 bridgehead atoms. The fourth-order valence-electron chi connectivity index (χ4n) is 1.99. The number of ether oxygens (including phenoxy) is 1. The fourth-order valence-corrected chi connectivity index (χ4v) is 2.81. The number of hydrogen-bond donors (Lipinski definition) is 1. The highest BCUT2D eigenvalue weighted by Gasteiger charge is 2.31. The maximum Gasteiger partial charge on any atom is 0.416 e. The number of halogens is 6. The van der Waals surface area contributed by atoms with Gasteiger partial charge in [-0.05, 0) is 42.8 Å². The van der Waals surface area contributed by atoms with Crippen LogP contribution in [0.15, 0.2) is 30.3 Å². The molecule has 25 heavy (non-hydrogen) atoms. The number of hydrogen-bond acceptors (Lipinski definition) is 2. The van der Waals surface area contributed by atoms with Crippen LogP contribution in [0.3, 0.4) is 0 Å². The molecule has 0 saturated heterocycles. The number of anilines is 1. The third-order valence-electron chi connectivity index (χ3n) is 3.11. The van der Waals surface area contributed by atoms with Crippen molar-refractivity contribution in [2.75, 3.05) is 11.9 Å². The lowest BCUT2D eigenvalue weighted by Crippen LogP contribution is -2.21. The van der Waals surface area contributed by atoms with E-state index in [9.17, 15) is 18.0 Å². The van der Waals surface area contributed by atoms with Gasteiger partial charge in [-0.25, -0.2) is 0 Å². The molecule has 0 unspecified atom stereocenters. The predicted octanol–water partition coefficient (Wildman–Crippen LogP) is 5.99. The van der Waals surface area contributed by atoms with Crippen LogP contribution in [0.2, 0.25) is 15.1 Å². The molecule has 2 aromatic rings. The van der Waals surface area contributed by atoms with E-state index >= 15 is 0 Å². The van der Waals surface area contributed by atoms with Gasteiger partial charge in [-0.15, -0.1) is 0 Å². The number of carbonyl (C=O) groups excluding carboxylic acids is 1. The first-order chi connectivity index (χ1) is 11.6. The lowest BCUT2D eigenvalue weighted by molar-refractivity contribution is -0.137. The number of alkyl halides is 3. The molecule has 0 aliphatic heterocycles. The van der Waals surface area contributed by atoms with Crippen LogP contribution in [0.1, 0.15) is 11.1 Å². The van der Waals surface area contributed by atoms with Crippen LogP contribution in [0.4, 0.5) is 18.9 Å². The summed E-state index contributed by atoms with van der Waals surface area (Å²) in [6.45, 7) is 1.23. The zero-order valence-corrected chi connectivity index (χ0v) is 14.9. The maximum atomic E-state index is 12.7. The van der Waals surface area contributed by atoms with Gasteiger partial charge in [-0.1, -0.05) is 34.8 Å². The van der Waals surface area contributed by atoms with E-state index in [-0.39, 0.29) is 21.5 Å². The molecule has 0 radical (unpaired) electrons. The van der Waals surface area contributed by atoms with Crippen LogP contribution in [0, 0.1) is 6.92 Å². The van der Waals surface area contributed by atoms with Crippen molar-refractivity contribution in [1.82, 2.24) is 0 Å². The van der Waals surface area contributed by atoms with E-state index in [1.165, 1.54) is 6.07 Å². The number of amides is 1. The molecule has 0 atom stereocenters. The first-order valence-electron chi connectivity index (χ1n) is 6.83. The van der Waals surface area contributed by atoms with Gasteiger partial charge in [0.1, 0.15) is 5.75 Å². The quantitative estimate of drug-likeness (QED) is 0.670. The molecule has 0 spiro atoms. The van der Waals surface area contributed by atoms with Gasteiger partial charge >= 0.3 is 6.18 Å². The van der Waals surface area contributed by atoms with Crippen molar-refractivity contribution in [2.24, 2.45) is 0 Å². The molecule has 0 saturated carbocycles. The van der Waals surface area contributed by atoms with Crippen LogP contribution in [0.5, 0.6) is 5.75 Å². The van der Waals surface area contributed by atoms with Crippen molar-refractivity contribution in [3.63, 3.8) is 0 Å². The Kier molecular flexibility index (Phi) is 6.08. The zero-order valence-electron chi connectivity index (χ0n) is 12.7. The van der Waals surface area contributed by atoms with Crippen molar-refractivity contribution in [3.05, 3.63) is 56.5 Å². The first-order valence-corrected chi connectivity index (χ1v) is 7.96. The lowest BCUT2D eigenvalue weighted by Gasteiger charge is -2.13. The average molecular weight is 413 g/mol. The Bertz CT molecular complexity index is 787. The smallest absolute Gasteiger partial charge is 0.416 e. The Morgan fingerprint density at radius 1 is 1.12 bits per heavy atom. The average Bonchev–Trinajstić information content (AvgIpc) is 2.47. The fraction of sp³-hybridized carbons (Fsp3) is 0.188. The number of aryl methyl sites for hydroxylation is 1. The van der Waals surface area contributed by atoms with Crippen LogP contribution in [0.25, 0.3) is 0 Å². The molecule has 0 heterocycles. The highest BCUT2D eigenvalue weighted by molar-refractivity contribution is 6.35. The maximum absolute atomic E-state index is 12.7. The molecule has 3 nitrogen and oxygen atoms in total. The molecule has 1 amide bonds. The monoisotopic (exact) mass is 411 g/mol. The lowest BCUT2D eigenvalue weighted by atomic mass is 10.2. The van der Waals surface area contributed by atoms with E-state index in [1.54, 1.807) is 13.0 Å². The second-order valence-corrected chi connectivity index (χ2v) is 6.31. The molecule has 2 rings (SSSR count). The Hall–Kier alpha value is -1.63. The van der Waals surface area contributed by atoms with E-state index in [0.717, 1.165) is 18.2 Å². The van der Waals surface area contributed by atoms with E-state index in [2.05, 4.69) is 5.32 Å². The van der Waals surface area contributed by atoms with E-state index < -0.39 is 24.3 Å². The molecule has 1 N–H and O–H groups in total. The van der Waals surface area contributed by atoms with E-state index in [0.29, 0.717) is 10.6 Å². The van der Waals surface area contributed by atoms with Crippen molar-refractivity contribution < 1.29 is 22.7 Å². The van der Waals surface area contributed by atoms with Gasteiger partial charge in [0.15, 0.2) is 6.61 Å². The first kappa shape index (κ1) is 19.7. The van der Waals surface area contributed by atoms with Crippen molar-refractivity contribution in [3.8, 4) is 5.75 Å². The van der Waals surface area contributed by atoms with Crippen LogP contribution < -0.4 is 10.1 Å². The number of carbonyl (C=O) groups is 1. The molecular weight excluding hydrogens is 402 g/mol. The summed E-state index contributed by atoms with van der Waals surface area (Å²) < 4.78 is 43.5. The van der Waals surface area contributed by atoms with Gasteiger partial charge in [-0.2, -0.15) is 13.2 Å². The highest BCUT2D eigenvalue weighted by Crippen LogP contribution is 2.34. The minimum Gasteiger partial charge on any atom is -0.482 e. The molecule has 2 aromatic carbocycles. The third kappa shape index (κ3) is 5.17. The van der Waals surface area contributed by atoms with Gasteiger partial charge in [-0.3, -0.25) is 4.79 Å². The predicted molar refractivity (Wildman–Crippen MR) is 91.8 cm³/mol. The topological polar surface area (TPSA) is 38.3 Å². The number of benzene rings is 2. The summed E-state index contributed by atoms with van der Waals surface area (Å²) >= 11 is 17.6. The summed E-state index contributed by atoms with van der Waals surface area (Å²) in [4.78, 5) is 11.9. The minimum atomic E-state index is -4.55. The summed E-state index contributed by atoms with van der Waals surface area (Å²) in [7, 11) is 0. The summed E-state index contributed by atoms with van der Waals surface area (Å²) in [5.41, 5.74) is -0.476. The van der Waals surface area contributed by atoms with Crippen molar-refractivity contribution in [1.29, 1.82) is 0 Å². The molecule has 0 aliphatic rings. The summed E-state index contributed by atoms with van der Waals surface area (Å²) in [5, 5.41) is 2.88. The Morgan fingerprint density at radius 3 is 2.40 bits per heavy atom. The zero-order chi connectivity index (χ0) is 18.8. The SMILES string of the molecule is Cc1cc(Cl)cc(Cl)c1OCC(=O)Nc1cc(C(F)(F)F)ccc1Cl. The van der Waals surface area contributed by atoms with Gasteiger partial charge in [0.05, 0.1) is 21.3 Å². The van der Waals surface area contributed by atoms with E-state index in [4.69, 9.17) is 39.5 Å². The van der Waals surface area contributed by atoms with Crippen molar-refractivity contribution in [2.45, 2.75) is 13.1 Å². The van der Waals surface area contributed by atoms with Crippen LogP contribution >= 0.6 is 34.8 Å². The number of nitrogens with one attached hydrogen (secondary N) is 1. The normalized spacial score (nSPS) is 11.3. The molecule has 0 fully saturated rings. The van der Waals surface area contributed by atoms with Gasteiger partial charge < -0.3 is 10.1 Å². The molecular formula is C16H11Cl3F3NO2. The van der Waals surface area contributed by atoms with E-state index in [1.807, 2.05) is 0 Å². The Balaban J connectivity index is 2.09. The standard InChI is InChI=1S/C16H11Cl3F3NO2/c1-8-4-10(17)6-12(19)15(8)25-7-14(24)23-13-5-9(16(20,21)22)2-3-11(13)18/h2-6H,7H2,1H3,(H,23,24). The van der Waals surface area contributed by atoms with Crippen LogP contribution in [-0.2, 0) is 11.0 Å². The molecule has 0 aromatic heterocycles. The minimum absolute atomic E-state index is 0.0259. The van der Waals surface area contributed by atoms with Gasteiger partial charge in [0, 0.05) is 5.02 Å². The summed E-state index contributed by atoms with van der Waals surface area (Å²) in [6.07, 6.45) is -4.55. The second kappa shape index (κ2) is 7.72.